The SMILES string of the molecule is CC(OC(=O)/C=C/c1ccccc1)C(=O)Nc1ccc2c(c1)C(=O)c1ccccc1C2=O. The first-order valence-corrected chi connectivity index (χ1v) is 10.0. The molecular formula is C26H19NO5. The summed E-state index contributed by atoms with van der Waals surface area (Å²) in [5, 5.41) is 2.63. The highest BCUT2D eigenvalue weighted by molar-refractivity contribution is 6.28. The third-order valence-corrected chi connectivity index (χ3v) is 5.07. The molecule has 1 N–H and O–H groups in total. The topological polar surface area (TPSA) is 89.5 Å². The van der Waals surface area contributed by atoms with Gasteiger partial charge in [-0.15, -0.1) is 0 Å². The van der Waals surface area contributed by atoms with Crippen LogP contribution in [-0.4, -0.2) is 29.5 Å². The summed E-state index contributed by atoms with van der Waals surface area (Å²) >= 11 is 0. The van der Waals surface area contributed by atoms with Crippen LogP contribution in [0.25, 0.3) is 6.08 Å². The van der Waals surface area contributed by atoms with Gasteiger partial charge in [-0.25, -0.2) is 4.79 Å². The Morgan fingerprint density at radius 3 is 2.09 bits per heavy atom. The van der Waals surface area contributed by atoms with Crippen LogP contribution in [0, 0.1) is 0 Å². The van der Waals surface area contributed by atoms with E-state index in [9.17, 15) is 19.2 Å². The number of hydrogen-bond acceptors (Lipinski definition) is 5. The summed E-state index contributed by atoms with van der Waals surface area (Å²) in [5.41, 5.74) is 2.37. The van der Waals surface area contributed by atoms with Crippen LogP contribution in [0.3, 0.4) is 0 Å². The Labute approximate surface area is 184 Å². The van der Waals surface area contributed by atoms with E-state index in [1.165, 1.54) is 25.1 Å². The number of rotatable bonds is 5. The fourth-order valence-corrected chi connectivity index (χ4v) is 3.42. The molecule has 1 unspecified atom stereocenters. The molecule has 0 aliphatic heterocycles. The van der Waals surface area contributed by atoms with Crippen molar-refractivity contribution in [3.05, 3.63) is 107 Å². The normalized spacial score (nSPS) is 13.3. The van der Waals surface area contributed by atoms with Crippen LogP contribution in [0.1, 0.15) is 44.3 Å². The van der Waals surface area contributed by atoms with Gasteiger partial charge in [0.05, 0.1) is 0 Å². The van der Waals surface area contributed by atoms with Crippen LogP contribution < -0.4 is 5.32 Å². The van der Waals surface area contributed by atoms with E-state index in [0.29, 0.717) is 16.8 Å². The number of amides is 1. The number of carbonyl (C=O) groups excluding carboxylic acids is 4. The van der Waals surface area contributed by atoms with Crippen molar-refractivity contribution in [2.45, 2.75) is 13.0 Å². The minimum atomic E-state index is -1.06. The largest absolute Gasteiger partial charge is 0.449 e. The second-order valence-electron chi connectivity index (χ2n) is 7.28. The second kappa shape index (κ2) is 8.81. The first-order chi connectivity index (χ1) is 15.4. The molecule has 1 aliphatic rings. The van der Waals surface area contributed by atoms with Crippen molar-refractivity contribution in [3.63, 3.8) is 0 Å². The zero-order valence-corrected chi connectivity index (χ0v) is 17.2. The van der Waals surface area contributed by atoms with Gasteiger partial charge < -0.3 is 10.1 Å². The molecule has 1 aliphatic carbocycles. The Bertz CT molecular complexity index is 1260. The van der Waals surface area contributed by atoms with Crippen LogP contribution in [0.2, 0.25) is 0 Å². The highest BCUT2D eigenvalue weighted by atomic mass is 16.5. The van der Waals surface area contributed by atoms with E-state index in [4.69, 9.17) is 4.74 Å². The molecule has 4 rings (SSSR count). The maximum absolute atomic E-state index is 12.8. The average Bonchev–Trinajstić information content (AvgIpc) is 2.82. The minimum absolute atomic E-state index is 0.224. The van der Waals surface area contributed by atoms with E-state index in [1.807, 2.05) is 30.3 Å². The summed E-state index contributed by atoms with van der Waals surface area (Å²) in [6.45, 7) is 1.45. The van der Waals surface area contributed by atoms with Crippen molar-refractivity contribution in [3.8, 4) is 0 Å². The number of anilines is 1. The van der Waals surface area contributed by atoms with Crippen LogP contribution >= 0.6 is 0 Å². The van der Waals surface area contributed by atoms with Crippen molar-refractivity contribution in [2.24, 2.45) is 0 Å². The van der Waals surface area contributed by atoms with Gasteiger partial charge in [-0.2, -0.15) is 0 Å². The lowest BCUT2D eigenvalue weighted by molar-refractivity contribution is -0.148. The van der Waals surface area contributed by atoms with Crippen LogP contribution in [0.15, 0.2) is 78.9 Å². The summed E-state index contributed by atoms with van der Waals surface area (Å²) in [6, 6.07) is 20.4. The Morgan fingerprint density at radius 1 is 0.812 bits per heavy atom. The molecule has 0 fully saturated rings. The van der Waals surface area contributed by atoms with Crippen LogP contribution in [0.4, 0.5) is 5.69 Å². The van der Waals surface area contributed by atoms with Crippen molar-refractivity contribution in [1.29, 1.82) is 0 Å². The molecule has 3 aromatic carbocycles. The van der Waals surface area contributed by atoms with E-state index in [2.05, 4.69) is 5.32 Å². The third kappa shape index (κ3) is 4.25. The number of esters is 1. The van der Waals surface area contributed by atoms with Gasteiger partial charge in [0.1, 0.15) is 0 Å². The number of ether oxygens (including phenoxy) is 1. The Hall–Kier alpha value is -4.32. The zero-order valence-electron chi connectivity index (χ0n) is 17.2. The maximum Gasteiger partial charge on any atom is 0.331 e. The minimum Gasteiger partial charge on any atom is -0.449 e. The fourth-order valence-electron chi connectivity index (χ4n) is 3.42. The lowest BCUT2D eigenvalue weighted by atomic mass is 9.84. The molecule has 3 aromatic rings. The Kier molecular flexibility index (Phi) is 5.77. The lowest BCUT2D eigenvalue weighted by Gasteiger charge is -2.18. The smallest absolute Gasteiger partial charge is 0.331 e. The molecule has 158 valence electrons. The molecule has 0 heterocycles. The summed E-state index contributed by atoms with van der Waals surface area (Å²) in [6.07, 6.45) is 1.79. The Balaban J connectivity index is 1.44. The first kappa shape index (κ1) is 20.9. The van der Waals surface area contributed by atoms with E-state index in [-0.39, 0.29) is 22.7 Å². The van der Waals surface area contributed by atoms with Crippen molar-refractivity contribution in [2.75, 3.05) is 5.32 Å². The lowest BCUT2D eigenvalue weighted by Crippen LogP contribution is -2.29. The third-order valence-electron chi connectivity index (χ3n) is 5.07. The van der Waals surface area contributed by atoms with Gasteiger partial charge in [0.2, 0.25) is 0 Å². The molecule has 0 bridgehead atoms. The van der Waals surface area contributed by atoms with Gasteiger partial charge in [0, 0.05) is 34.0 Å². The standard InChI is InChI=1S/C26H19NO5/c1-16(32-23(28)14-11-17-7-3-2-4-8-17)26(31)27-18-12-13-21-22(15-18)25(30)20-10-6-5-9-19(20)24(21)29/h2-16H,1H3,(H,27,31)/b14-11+. The summed E-state index contributed by atoms with van der Waals surface area (Å²) < 4.78 is 5.14. The first-order valence-electron chi connectivity index (χ1n) is 10.0. The number of hydrogen-bond donors (Lipinski definition) is 1. The summed E-state index contributed by atoms with van der Waals surface area (Å²) in [5.74, 6) is -1.72. The summed E-state index contributed by atoms with van der Waals surface area (Å²) in [7, 11) is 0. The van der Waals surface area contributed by atoms with Crippen molar-refractivity contribution < 1.29 is 23.9 Å². The maximum atomic E-state index is 12.8. The fraction of sp³-hybridized carbons (Fsp3) is 0.0769. The number of benzene rings is 3. The average molecular weight is 425 g/mol. The molecule has 1 atom stereocenters. The monoisotopic (exact) mass is 425 g/mol. The molecule has 6 nitrogen and oxygen atoms in total. The number of nitrogens with one attached hydrogen (secondary N) is 1. The number of carbonyl (C=O) groups is 4. The molecule has 0 aromatic heterocycles. The Morgan fingerprint density at radius 2 is 1.41 bits per heavy atom. The van der Waals surface area contributed by atoms with Crippen LogP contribution in [-0.2, 0) is 14.3 Å². The molecule has 0 radical (unpaired) electrons. The predicted molar refractivity (Wildman–Crippen MR) is 119 cm³/mol. The molecule has 32 heavy (non-hydrogen) atoms. The molecule has 0 saturated carbocycles. The van der Waals surface area contributed by atoms with E-state index < -0.39 is 18.0 Å². The highest BCUT2D eigenvalue weighted by Crippen LogP contribution is 2.29. The van der Waals surface area contributed by atoms with Gasteiger partial charge in [-0.1, -0.05) is 54.6 Å². The second-order valence-corrected chi connectivity index (χ2v) is 7.28. The summed E-state index contributed by atoms with van der Waals surface area (Å²) in [4.78, 5) is 50.0. The van der Waals surface area contributed by atoms with E-state index in [1.54, 1.807) is 36.4 Å². The predicted octanol–water partition coefficient (Wildman–Crippen LogP) is 4.05. The van der Waals surface area contributed by atoms with Crippen molar-refractivity contribution in [1.82, 2.24) is 0 Å². The number of ketones is 2. The quantitative estimate of drug-likeness (QED) is 0.385. The zero-order chi connectivity index (χ0) is 22.7. The molecular weight excluding hydrogens is 406 g/mol. The highest BCUT2D eigenvalue weighted by Gasteiger charge is 2.29. The molecule has 0 saturated heterocycles. The van der Waals surface area contributed by atoms with Gasteiger partial charge in [0.15, 0.2) is 17.7 Å². The molecule has 6 heteroatoms. The van der Waals surface area contributed by atoms with Crippen molar-refractivity contribution >= 4 is 35.2 Å². The van der Waals surface area contributed by atoms with E-state index >= 15 is 0 Å². The van der Waals surface area contributed by atoms with Gasteiger partial charge in [0.25, 0.3) is 5.91 Å². The number of fused-ring (bicyclic) bond motifs is 2. The van der Waals surface area contributed by atoms with Gasteiger partial charge in [-0.3, -0.25) is 14.4 Å². The molecule has 0 spiro atoms. The van der Waals surface area contributed by atoms with Crippen LogP contribution in [0.5, 0.6) is 0 Å². The van der Waals surface area contributed by atoms with Gasteiger partial charge in [-0.05, 0) is 36.8 Å². The van der Waals surface area contributed by atoms with E-state index in [0.717, 1.165) is 5.56 Å². The molecule has 1 amide bonds. The van der Waals surface area contributed by atoms with Gasteiger partial charge >= 0.3 is 5.97 Å².